The van der Waals surface area contributed by atoms with Gasteiger partial charge < -0.3 is 10.2 Å². The second-order valence-corrected chi connectivity index (χ2v) is 8.18. The summed E-state index contributed by atoms with van der Waals surface area (Å²) in [5.74, 6) is 0.882. The van der Waals surface area contributed by atoms with Crippen LogP contribution in [0.3, 0.4) is 0 Å². The number of rotatable bonds is 6. The van der Waals surface area contributed by atoms with Crippen LogP contribution in [-0.2, 0) is 10.0 Å². The molecule has 1 unspecified atom stereocenters. The number of aromatic nitrogens is 1. The van der Waals surface area contributed by atoms with Crippen molar-refractivity contribution in [2.75, 3.05) is 38.4 Å². The normalized spacial score (nSPS) is 12.9. The van der Waals surface area contributed by atoms with Gasteiger partial charge in [0.1, 0.15) is 5.82 Å². The van der Waals surface area contributed by atoms with E-state index in [1.165, 1.54) is 18.4 Å². The average molecular weight is 348 g/mol. The van der Waals surface area contributed by atoms with E-state index < -0.39 is 10.0 Å². The number of pyridine rings is 1. The summed E-state index contributed by atoms with van der Waals surface area (Å²) in [4.78, 5) is 6.59. The summed E-state index contributed by atoms with van der Waals surface area (Å²) < 4.78 is 25.7. The Kier molecular flexibility index (Phi) is 5.46. The number of nitrogens with zero attached hydrogens (tertiary/aromatic N) is 3. The quantitative estimate of drug-likeness (QED) is 0.869. The van der Waals surface area contributed by atoms with Crippen LogP contribution in [0.4, 0.5) is 11.5 Å². The molecule has 24 heavy (non-hydrogen) atoms. The Labute approximate surface area is 144 Å². The molecule has 0 saturated carbocycles. The van der Waals surface area contributed by atoms with E-state index in [1.807, 2.05) is 44.1 Å². The fourth-order valence-corrected chi connectivity index (χ4v) is 3.18. The Hall–Kier alpha value is -2.12. The molecule has 0 saturated heterocycles. The molecule has 0 aliphatic rings. The minimum absolute atomic E-state index is 0.0469. The van der Waals surface area contributed by atoms with Crippen molar-refractivity contribution in [1.29, 1.82) is 0 Å². The van der Waals surface area contributed by atoms with Gasteiger partial charge >= 0.3 is 0 Å². The van der Waals surface area contributed by atoms with Crippen molar-refractivity contribution in [3.8, 4) is 0 Å². The summed E-state index contributed by atoms with van der Waals surface area (Å²) in [6.07, 6.45) is 1.77. The lowest BCUT2D eigenvalue weighted by Gasteiger charge is -2.18. The zero-order chi connectivity index (χ0) is 17.9. The highest BCUT2D eigenvalue weighted by Crippen LogP contribution is 2.23. The van der Waals surface area contributed by atoms with Gasteiger partial charge in [0.25, 0.3) is 0 Å². The van der Waals surface area contributed by atoms with E-state index in [-0.39, 0.29) is 6.04 Å². The molecule has 130 valence electrons. The van der Waals surface area contributed by atoms with E-state index in [9.17, 15) is 8.42 Å². The van der Waals surface area contributed by atoms with Crippen molar-refractivity contribution < 1.29 is 8.42 Å². The minimum Gasteiger partial charge on any atom is -0.377 e. The third kappa shape index (κ3) is 4.04. The van der Waals surface area contributed by atoms with Crippen LogP contribution < -0.4 is 10.2 Å². The number of anilines is 2. The van der Waals surface area contributed by atoms with Crippen molar-refractivity contribution in [3.05, 3.63) is 48.2 Å². The van der Waals surface area contributed by atoms with Crippen molar-refractivity contribution >= 4 is 21.5 Å². The second kappa shape index (κ2) is 7.19. The van der Waals surface area contributed by atoms with Crippen LogP contribution in [0.1, 0.15) is 18.5 Å². The molecule has 6 nitrogen and oxygen atoms in total. The summed E-state index contributed by atoms with van der Waals surface area (Å²) in [7, 11) is 3.50. The topological polar surface area (TPSA) is 65.5 Å². The highest BCUT2D eigenvalue weighted by Gasteiger charge is 2.18. The van der Waals surface area contributed by atoms with Crippen LogP contribution in [0.25, 0.3) is 0 Å². The van der Waals surface area contributed by atoms with Crippen LogP contribution in [-0.4, -0.2) is 45.9 Å². The van der Waals surface area contributed by atoms with Gasteiger partial charge in [-0.05, 0) is 36.8 Å². The molecule has 0 bridgehead atoms. The van der Waals surface area contributed by atoms with Gasteiger partial charge in [0.2, 0.25) is 10.0 Å². The van der Waals surface area contributed by atoms with E-state index in [0.29, 0.717) is 4.90 Å². The molecule has 1 heterocycles. The maximum atomic E-state index is 12.3. The first-order valence-electron chi connectivity index (χ1n) is 7.64. The fourth-order valence-electron chi connectivity index (χ4n) is 2.22. The van der Waals surface area contributed by atoms with Crippen molar-refractivity contribution in [2.24, 2.45) is 0 Å². The summed E-state index contributed by atoms with van der Waals surface area (Å²) in [6, 6.07) is 10.8. The van der Waals surface area contributed by atoms with Gasteiger partial charge in [-0.25, -0.2) is 17.7 Å². The molecule has 1 N–H and O–H groups in total. The fraction of sp³-hybridized carbons (Fsp3) is 0.353. The molecule has 7 heteroatoms. The highest BCUT2D eigenvalue weighted by atomic mass is 32.2. The summed E-state index contributed by atoms with van der Waals surface area (Å²) >= 11 is 0. The summed E-state index contributed by atoms with van der Waals surface area (Å²) in [5.41, 5.74) is 1.78. The molecule has 2 aromatic rings. The Morgan fingerprint density at radius 3 is 2.33 bits per heavy atom. The van der Waals surface area contributed by atoms with Gasteiger partial charge in [0.05, 0.1) is 16.8 Å². The third-order valence-corrected chi connectivity index (χ3v) is 5.54. The van der Waals surface area contributed by atoms with Crippen LogP contribution in [0.15, 0.2) is 47.5 Å². The van der Waals surface area contributed by atoms with Crippen LogP contribution in [0.5, 0.6) is 0 Å². The Morgan fingerprint density at radius 2 is 1.79 bits per heavy atom. The molecule has 0 aliphatic heterocycles. The Morgan fingerprint density at radius 1 is 1.08 bits per heavy atom. The monoisotopic (exact) mass is 348 g/mol. The summed E-state index contributed by atoms with van der Waals surface area (Å²) in [5, 5.41) is 3.34. The molecule has 0 aliphatic carbocycles. The van der Waals surface area contributed by atoms with Gasteiger partial charge in [-0.15, -0.1) is 0 Å². The first-order chi connectivity index (χ1) is 11.2. The van der Waals surface area contributed by atoms with Crippen LogP contribution >= 0.6 is 0 Å². The molecule has 0 amide bonds. The van der Waals surface area contributed by atoms with Crippen molar-refractivity contribution in [3.63, 3.8) is 0 Å². The number of hydrogen-bond acceptors (Lipinski definition) is 5. The first kappa shape index (κ1) is 18.2. The van der Waals surface area contributed by atoms with Crippen molar-refractivity contribution in [2.45, 2.75) is 17.9 Å². The predicted octanol–water partition coefficient (Wildman–Crippen LogP) is 2.57. The van der Waals surface area contributed by atoms with E-state index in [2.05, 4.69) is 10.3 Å². The Balaban J connectivity index is 2.20. The molecular weight excluding hydrogens is 324 g/mol. The maximum absolute atomic E-state index is 12.3. The second-order valence-electron chi connectivity index (χ2n) is 6.03. The van der Waals surface area contributed by atoms with E-state index in [4.69, 9.17) is 0 Å². The predicted molar refractivity (Wildman–Crippen MR) is 97.9 cm³/mol. The van der Waals surface area contributed by atoms with Crippen LogP contribution in [0, 0.1) is 0 Å². The van der Waals surface area contributed by atoms with Crippen LogP contribution in [0.2, 0.25) is 0 Å². The van der Waals surface area contributed by atoms with Gasteiger partial charge in [-0.2, -0.15) is 0 Å². The zero-order valence-electron chi connectivity index (χ0n) is 14.7. The third-order valence-electron chi connectivity index (χ3n) is 3.73. The minimum atomic E-state index is -3.43. The molecule has 2 rings (SSSR count). The number of sulfonamides is 1. The largest absolute Gasteiger partial charge is 0.377 e. The SMILES string of the molecule is CC(Nc1ccc(N(C)C)nc1)c1cccc(S(=O)(=O)N(C)C)c1. The smallest absolute Gasteiger partial charge is 0.242 e. The lowest BCUT2D eigenvalue weighted by atomic mass is 10.1. The molecule has 1 atom stereocenters. The Bertz CT molecular complexity index is 786. The summed E-state index contributed by atoms with van der Waals surface area (Å²) in [6.45, 7) is 1.99. The zero-order valence-corrected chi connectivity index (χ0v) is 15.5. The molecule has 1 aromatic carbocycles. The maximum Gasteiger partial charge on any atom is 0.242 e. The molecular formula is C17H24N4O2S. The molecule has 0 spiro atoms. The number of hydrogen-bond donors (Lipinski definition) is 1. The molecule has 0 fully saturated rings. The number of nitrogens with one attached hydrogen (secondary N) is 1. The van der Waals surface area contributed by atoms with E-state index in [1.54, 1.807) is 24.4 Å². The highest BCUT2D eigenvalue weighted by molar-refractivity contribution is 7.89. The van der Waals surface area contributed by atoms with Crippen molar-refractivity contribution in [1.82, 2.24) is 9.29 Å². The van der Waals surface area contributed by atoms with Gasteiger partial charge in [0.15, 0.2) is 0 Å². The van der Waals surface area contributed by atoms with Gasteiger partial charge in [-0.1, -0.05) is 12.1 Å². The average Bonchev–Trinajstić information content (AvgIpc) is 2.55. The lowest BCUT2D eigenvalue weighted by Crippen LogP contribution is -2.22. The molecule has 0 radical (unpaired) electrons. The number of benzene rings is 1. The standard InChI is InChI=1S/C17H24N4O2S/c1-13(19-15-9-10-17(18-12-15)20(2)3)14-7-6-8-16(11-14)24(22,23)21(4)5/h6-13,19H,1-5H3. The molecule has 1 aromatic heterocycles. The lowest BCUT2D eigenvalue weighted by molar-refractivity contribution is 0.520. The first-order valence-corrected chi connectivity index (χ1v) is 9.08. The van der Waals surface area contributed by atoms with Gasteiger partial charge in [-0.3, -0.25) is 0 Å². The van der Waals surface area contributed by atoms with Gasteiger partial charge in [0, 0.05) is 34.2 Å². The van der Waals surface area contributed by atoms with E-state index in [0.717, 1.165) is 17.1 Å². The van der Waals surface area contributed by atoms with E-state index >= 15 is 0 Å².